The molecule has 1 fully saturated rings. The summed E-state index contributed by atoms with van der Waals surface area (Å²) in [5, 5.41) is 0. The lowest BCUT2D eigenvalue weighted by Crippen LogP contribution is -2.36. The number of nitrogens with two attached hydrogens (primary N) is 1. The number of hydrogen-bond donors (Lipinski definition) is 1. The maximum absolute atomic E-state index is 12.2. The molecule has 104 valence electrons. The maximum Gasteiger partial charge on any atom is 0.410 e. The normalized spacial score (nSPS) is 19.5. The van der Waals surface area contributed by atoms with Gasteiger partial charge in [-0.15, -0.1) is 0 Å². The van der Waals surface area contributed by atoms with E-state index in [1.165, 1.54) is 0 Å². The number of nitrogens with zero attached hydrogens (tertiary/aromatic N) is 1. The highest BCUT2D eigenvalue weighted by Crippen LogP contribution is 2.33. The van der Waals surface area contributed by atoms with Crippen molar-refractivity contribution < 1.29 is 9.53 Å². The Morgan fingerprint density at radius 2 is 1.95 bits per heavy atom. The molecule has 1 saturated heterocycles. The molecule has 0 radical (unpaired) electrons. The van der Waals surface area contributed by atoms with E-state index in [4.69, 9.17) is 10.5 Å². The van der Waals surface area contributed by atoms with Crippen molar-refractivity contribution in [3.8, 4) is 0 Å². The van der Waals surface area contributed by atoms with Gasteiger partial charge in [0.05, 0.1) is 6.04 Å². The van der Waals surface area contributed by atoms with Crippen LogP contribution in [0.3, 0.4) is 0 Å². The summed E-state index contributed by atoms with van der Waals surface area (Å²) in [5.74, 6) is 0. The largest absolute Gasteiger partial charge is 0.444 e. The zero-order valence-electron chi connectivity index (χ0n) is 11.8. The van der Waals surface area contributed by atoms with Crippen molar-refractivity contribution in [1.82, 2.24) is 4.90 Å². The minimum atomic E-state index is -0.453. The molecule has 4 nitrogen and oxygen atoms in total. The van der Waals surface area contributed by atoms with Crippen molar-refractivity contribution in [2.45, 2.75) is 45.3 Å². The van der Waals surface area contributed by atoms with Crippen molar-refractivity contribution in [2.24, 2.45) is 0 Å². The SMILES string of the molecule is CC(C)(C)OC(=O)N1CCC[C@@H]1c1ccc(N)cc1. The van der Waals surface area contributed by atoms with Crippen LogP contribution in [0.4, 0.5) is 10.5 Å². The molecule has 1 aliphatic heterocycles. The minimum absolute atomic E-state index is 0.107. The van der Waals surface area contributed by atoms with Gasteiger partial charge in [0.1, 0.15) is 5.60 Å². The van der Waals surface area contributed by atoms with Gasteiger partial charge >= 0.3 is 6.09 Å². The second kappa shape index (κ2) is 5.11. The first-order chi connectivity index (χ1) is 8.87. The second-order valence-corrected chi connectivity index (χ2v) is 6.00. The number of nitrogen functional groups attached to an aromatic ring is 1. The van der Waals surface area contributed by atoms with E-state index < -0.39 is 5.60 Å². The Balaban J connectivity index is 2.12. The van der Waals surface area contributed by atoms with Gasteiger partial charge in [0, 0.05) is 12.2 Å². The number of anilines is 1. The molecule has 1 aliphatic rings. The lowest BCUT2D eigenvalue weighted by molar-refractivity contribution is 0.0224. The van der Waals surface area contributed by atoms with E-state index in [-0.39, 0.29) is 12.1 Å². The predicted octanol–water partition coefficient (Wildman–Crippen LogP) is 3.34. The molecule has 4 heteroatoms. The molecule has 1 aromatic carbocycles. The van der Waals surface area contributed by atoms with Crippen molar-refractivity contribution in [3.05, 3.63) is 29.8 Å². The van der Waals surface area contributed by atoms with E-state index in [2.05, 4.69) is 0 Å². The van der Waals surface area contributed by atoms with E-state index in [0.29, 0.717) is 0 Å². The third kappa shape index (κ3) is 3.40. The lowest BCUT2D eigenvalue weighted by atomic mass is 10.0. The molecular formula is C15H22N2O2. The average Bonchev–Trinajstić information content (AvgIpc) is 2.76. The molecule has 1 aromatic rings. The fraction of sp³-hybridized carbons (Fsp3) is 0.533. The van der Waals surface area contributed by atoms with Crippen molar-refractivity contribution in [3.63, 3.8) is 0 Å². The van der Waals surface area contributed by atoms with Crippen molar-refractivity contribution in [2.75, 3.05) is 12.3 Å². The molecule has 2 N–H and O–H groups in total. The van der Waals surface area contributed by atoms with Gasteiger partial charge in [-0.05, 0) is 51.3 Å². The Labute approximate surface area is 114 Å². The third-order valence-electron chi connectivity index (χ3n) is 3.20. The third-order valence-corrected chi connectivity index (χ3v) is 3.20. The zero-order chi connectivity index (χ0) is 14.0. The van der Waals surface area contributed by atoms with E-state index >= 15 is 0 Å². The summed E-state index contributed by atoms with van der Waals surface area (Å²) in [6.07, 6.45) is 1.75. The summed E-state index contributed by atoms with van der Waals surface area (Å²) in [5.41, 5.74) is 7.11. The van der Waals surface area contributed by atoms with E-state index in [1.807, 2.05) is 49.9 Å². The Morgan fingerprint density at radius 1 is 1.32 bits per heavy atom. The van der Waals surface area contributed by atoms with Crippen LogP contribution in [0.2, 0.25) is 0 Å². The predicted molar refractivity (Wildman–Crippen MR) is 75.8 cm³/mol. The van der Waals surface area contributed by atoms with Gasteiger partial charge in [-0.1, -0.05) is 12.1 Å². The van der Waals surface area contributed by atoms with Gasteiger partial charge in [0.2, 0.25) is 0 Å². The maximum atomic E-state index is 12.2. The molecule has 0 spiro atoms. The van der Waals surface area contributed by atoms with Crippen LogP contribution < -0.4 is 5.73 Å². The molecule has 0 saturated carbocycles. The number of likely N-dealkylation sites (tertiary alicyclic amines) is 1. The van der Waals surface area contributed by atoms with Crippen LogP contribution in [-0.2, 0) is 4.74 Å². The van der Waals surface area contributed by atoms with Crippen LogP contribution >= 0.6 is 0 Å². The highest BCUT2D eigenvalue weighted by atomic mass is 16.6. The van der Waals surface area contributed by atoms with Gasteiger partial charge in [-0.2, -0.15) is 0 Å². The van der Waals surface area contributed by atoms with E-state index in [1.54, 1.807) is 0 Å². The first-order valence-electron chi connectivity index (χ1n) is 6.72. The topological polar surface area (TPSA) is 55.6 Å². The van der Waals surface area contributed by atoms with Crippen LogP contribution in [0.5, 0.6) is 0 Å². The minimum Gasteiger partial charge on any atom is -0.444 e. The number of rotatable bonds is 1. The highest BCUT2D eigenvalue weighted by Gasteiger charge is 2.32. The average molecular weight is 262 g/mol. The van der Waals surface area contributed by atoms with Crippen molar-refractivity contribution >= 4 is 11.8 Å². The van der Waals surface area contributed by atoms with Gasteiger partial charge < -0.3 is 15.4 Å². The molecular weight excluding hydrogens is 240 g/mol. The van der Waals surface area contributed by atoms with E-state index in [0.717, 1.165) is 30.6 Å². The number of hydrogen-bond acceptors (Lipinski definition) is 3. The quantitative estimate of drug-likeness (QED) is 0.790. The van der Waals surface area contributed by atoms with Gasteiger partial charge in [-0.25, -0.2) is 4.79 Å². The first kappa shape index (κ1) is 13.7. The monoisotopic (exact) mass is 262 g/mol. The number of ether oxygens (including phenoxy) is 1. The summed E-state index contributed by atoms with van der Waals surface area (Å²) in [6, 6.07) is 7.84. The molecule has 0 aliphatic carbocycles. The van der Waals surface area contributed by atoms with Gasteiger partial charge in [0.25, 0.3) is 0 Å². The Bertz CT molecular complexity index is 448. The van der Waals surface area contributed by atoms with Crippen LogP contribution in [0.15, 0.2) is 24.3 Å². The first-order valence-corrected chi connectivity index (χ1v) is 6.72. The molecule has 0 unspecified atom stereocenters. The molecule has 0 aromatic heterocycles. The van der Waals surface area contributed by atoms with Gasteiger partial charge in [0.15, 0.2) is 0 Å². The second-order valence-electron chi connectivity index (χ2n) is 6.00. The number of carbonyl (C=O) groups excluding carboxylic acids is 1. The van der Waals surface area contributed by atoms with E-state index in [9.17, 15) is 4.79 Å². The fourth-order valence-corrected chi connectivity index (χ4v) is 2.37. The van der Waals surface area contributed by atoms with Gasteiger partial charge in [-0.3, -0.25) is 0 Å². The van der Waals surface area contributed by atoms with Crippen LogP contribution in [0.25, 0.3) is 0 Å². The standard InChI is InChI=1S/C15H22N2O2/c1-15(2,3)19-14(18)17-10-4-5-13(17)11-6-8-12(16)9-7-11/h6-9,13H,4-5,10,16H2,1-3H3/t13-/m1/s1. The summed E-state index contributed by atoms with van der Waals surface area (Å²) in [7, 11) is 0. The molecule has 1 heterocycles. The zero-order valence-corrected chi connectivity index (χ0v) is 11.8. The summed E-state index contributed by atoms with van der Waals surface area (Å²) in [6.45, 7) is 6.42. The Kier molecular flexibility index (Phi) is 3.69. The lowest BCUT2D eigenvalue weighted by Gasteiger charge is -2.28. The Morgan fingerprint density at radius 3 is 2.53 bits per heavy atom. The molecule has 1 atom stereocenters. The molecule has 1 amide bonds. The number of amides is 1. The number of benzene rings is 1. The molecule has 19 heavy (non-hydrogen) atoms. The fourth-order valence-electron chi connectivity index (χ4n) is 2.37. The Hall–Kier alpha value is -1.71. The van der Waals surface area contributed by atoms with Crippen LogP contribution in [-0.4, -0.2) is 23.1 Å². The van der Waals surface area contributed by atoms with Crippen molar-refractivity contribution in [1.29, 1.82) is 0 Å². The smallest absolute Gasteiger partial charge is 0.410 e. The van der Waals surface area contributed by atoms with Crippen LogP contribution in [0.1, 0.15) is 45.2 Å². The molecule has 2 rings (SSSR count). The molecule has 0 bridgehead atoms. The summed E-state index contributed by atoms with van der Waals surface area (Å²) < 4.78 is 5.46. The highest BCUT2D eigenvalue weighted by molar-refractivity contribution is 5.69. The van der Waals surface area contributed by atoms with Crippen LogP contribution in [0, 0.1) is 0 Å². The summed E-state index contributed by atoms with van der Waals surface area (Å²) in [4.78, 5) is 14.0. The summed E-state index contributed by atoms with van der Waals surface area (Å²) >= 11 is 0. The number of carbonyl (C=O) groups is 1.